The lowest BCUT2D eigenvalue weighted by atomic mass is 10.1. The summed E-state index contributed by atoms with van der Waals surface area (Å²) in [7, 11) is 0. The number of nitrogens with zero attached hydrogens (tertiary/aromatic N) is 3. The number of rotatable bonds is 8. The minimum atomic E-state index is -0.478. The van der Waals surface area contributed by atoms with E-state index in [1.807, 2.05) is 18.2 Å². The molecule has 0 saturated carbocycles. The highest BCUT2D eigenvalue weighted by molar-refractivity contribution is 6.45. The summed E-state index contributed by atoms with van der Waals surface area (Å²) in [6, 6.07) is 14.7. The molecule has 0 saturated heterocycles. The number of aliphatic imine (C=N–C) groups is 1. The predicted molar refractivity (Wildman–Crippen MR) is 100 cm³/mol. The highest BCUT2D eigenvalue weighted by atomic mass is 16.6. The maximum atomic E-state index is 10.8. The van der Waals surface area contributed by atoms with Gasteiger partial charge in [0.25, 0.3) is 5.69 Å². The van der Waals surface area contributed by atoms with E-state index in [4.69, 9.17) is 4.74 Å². The van der Waals surface area contributed by atoms with Gasteiger partial charge in [0.1, 0.15) is 5.75 Å². The second-order valence-electron chi connectivity index (χ2n) is 5.56. The minimum absolute atomic E-state index is 0.0297. The number of benzene rings is 2. The number of hydrogen-bond acceptors (Lipinski definition) is 6. The zero-order chi connectivity index (χ0) is 18.8. The zero-order valence-electron chi connectivity index (χ0n) is 14.5. The molecule has 1 N–H and O–H groups in total. The molecule has 136 valence electrons. The monoisotopic (exact) mass is 355 g/mol. The van der Waals surface area contributed by atoms with Gasteiger partial charge in [-0.3, -0.25) is 10.1 Å². The SMILES string of the molecule is CCCCCN=C(Oc1ccc([N+](=O)[O-])cc1)/C(=N/O)c1ccccc1. The van der Waals surface area contributed by atoms with E-state index in [1.54, 1.807) is 12.1 Å². The molecular weight excluding hydrogens is 334 g/mol. The zero-order valence-corrected chi connectivity index (χ0v) is 14.5. The van der Waals surface area contributed by atoms with Crippen LogP contribution in [0.2, 0.25) is 0 Å². The van der Waals surface area contributed by atoms with Crippen LogP contribution >= 0.6 is 0 Å². The number of oxime groups is 1. The van der Waals surface area contributed by atoms with Gasteiger partial charge in [-0.15, -0.1) is 0 Å². The van der Waals surface area contributed by atoms with Crippen LogP contribution in [0.3, 0.4) is 0 Å². The molecule has 26 heavy (non-hydrogen) atoms. The van der Waals surface area contributed by atoms with Crippen molar-refractivity contribution < 1.29 is 14.9 Å². The Morgan fingerprint density at radius 2 is 1.81 bits per heavy atom. The molecule has 0 aliphatic heterocycles. The van der Waals surface area contributed by atoms with Crippen molar-refractivity contribution >= 4 is 17.3 Å². The average molecular weight is 355 g/mol. The van der Waals surface area contributed by atoms with Gasteiger partial charge in [-0.05, 0) is 18.6 Å². The molecule has 0 radical (unpaired) electrons. The van der Waals surface area contributed by atoms with E-state index in [1.165, 1.54) is 24.3 Å². The summed E-state index contributed by atoms with van der Waals surface area (Å²) in [5, 5.41) is 23.6. The Morgan fingerprint density at radius 3 is 2.38 bits per heavy atom. The van der Waals surface area contributed by atoms with Gasteiger partial charge >= 0.3 is 0 Å². The first kappa shape index (κ1) is 19.1. The Hall–Kier alpha value is -3.22. The van der Waals surface area contributed by atoms with Crippen LogP contribution in [0.15, 0.2) is 64.7 Å². The van der Waals surface area contributed by atoms with Gasteiger partial charge in [0.05, 0.1) is 4.92 Å². The molecule has 0 spiro atoms. The van der Waals surface area contributed by atoms with Crippen molar-refractivity contribution in [3.8, 4) is 5.75 Å². The normalized spacial score (nSPS) is 12.0. The van der Waals surface area contributed by atoms with E-state index in [2.05, 4.69) is 17.1 Å². The topological polar surface area (TPSA) is 97.3 Å². The molecule has 2 aromatic rings. The molecule has 0 bridgehead atoms. The molecule has 0 fully saturated rings. The van der Waals surface area contributed by atoms with Crippen molar-refractivity contribution in [1.82, 2.24) is 0 Å². The van der Waals surface area contributed by atoms with E-state index < -0.39 is 4.92 Å². The summed E-state index contributed by atoms with van der Waals surface area (Å²) in [5.41, 5.74) is 0.837. The van der Waals surface area contributed by atoms with Crippen LogP contribution in [-0.4, -0.2) is 28.3 Å². The Kier molecular flexibility index (Phi) is 7.30. The quantitative estimate of drug-likeness (QED) is 0.189. The summed E-state index contributed by atoms with van der Waals surface area (Å²) in [4.78, 5) is 14.7. The Morgan fingerprint density at radius 1 is 1.12 bits per heavy atom. The van der Waals surface area contributed by atoms with Crippen LogP contribution in [0.4, 0.5) is 5.69 Å². The highest BCUT2D eigenvalue weighted by Crippen LogP contribution is 2.18. The largest absolute Gasteiger partial charge is 0.437 e. The summed E-state index contributed by atoms with van der Waals surface area (Å²) in [6.45, 7) is 2.63. The van der Waals surface area contributed by atoms with E-state index in [9.17, 15) is 15.3 Å². The fourth-order valence-electron chi connectivity index (χ4n) is 2.27. The number of non-ortho nitro benzene ring substituents is 1. The molecule has 7 heteroatoms. The number of nitro benzene ring substituents is 1. The van der Waals surface area contributed by atoms with E-state index in [0.29, 0.717) is 17.9 Å². The van der Waals surface area contributed by atoms with Crippen molar-refractivity contribution in [2.45, 2.75) is 26.2 Å². The standard InChI is InChI=1S/C19H21N3O4/c1-2-3-7-14-20-19(18(21-23)15-8-5-4-6-9-15)26-17-12-10-16(11-13-17)22(24)25/h4-6,8-13,23H,2-3,7,14H2,1H3/b20-19?,21-18+. The Bertz CT molecular complexity index is 771. The lowest BCUT2D eigenvalue weighted by Crippen LogP contribution is -2.23. The van der Waals surface area contributed by atoms with Gasteiger partial charge in [0, 0.05) is 24.2 Å². The second-order valence-corrected chi connectivity index (χ2v) is 5.56. The first-order chi connectivity index (χ1) is 12.7. The van der Waals surface area contributed by atoms with Crippen molar-refractivity contribution in [3.05, 3.63) is 70.3 Å². The van der Waals surface area contributed by atoms with Crippen molar-refractivity contribution in [2.75, 3.05) is 6.54 Å². The Balaban J connectivity index is 2.26. The third-order valence-electron chi connectivity index (χ3n) is 3.63. The minimum Gasteiger partial charge on any atom is -0.437 e. The predicted octanol–water partition coefficient (Wildman–Crippen LogP) is 4.44. The second kappa shape index (κ2) is 9.93. The van der Waals surface area contributed by atoms with Crippen LogP contribution in [0.5, 0.6) is 5.75 Å². The van der Waals surface area contributed by atoms with Crippen LogP contribution in [0.25, 0.3) is 0 Å². The van der Waals surface area contributed by atoms with Crippen molar-refractivity contribution in [2.24, 2.45) is 10.1 Å². The van der Waals surface area contributed by atoms with Crippen LogP contribution in [0, 0.1) is 10.1 Å². The molecule has 0 heterocycles. The molecule has 0 unspecified atom stereocenters. The van der Waals surface area contributed by atoms with Crippen molar-refractivity contribution in [3.63, 3.8) is 0 Å². The molecule has 0 aliphatic rings. The van der Waals surface area contributed by atoms with Gasteiger partial charge in [0.2, 0.25) is 5.90 Å². The van der Waals surface area contributed by atoms with E-state index in [-0.39, 0.29) is 17.3 Å². The lowest BCUT2D eigenvalue weighted by molar-refractivity contribution is -0.384. The fourth-order valence-corrected chi connectivity index (χ4v) is 2.27. The molecule has 0 amide bonds. The lowest BCUT2D eigenvalue weighted by Gasteiger charge is -2.11. The number of nitro groups is 1. The molecule has 7 nitrogen and oxygen atoms in total. The van der Waals surface area contributed by atoms with Gasteiger partial charge in [0.15, 0.2) is 5.71 Å². The van der Waals surface area contributed by atoms with Crippen LogP contribution in [0.1, 0.15) is 31.7 Å². The van der Waals surface area contributed by atoms with Gasteiger partial charge in [-0.25, -0.2) is 4.99 Å². The number of hydrogen-bond donors (Lipinski definition) is 1. The van der Waals surface area contributed by atoms with E-state index in [0.717, 1.165) is 19.3 Å². The highest BCUT2D eigenvalue weighted by Gasteiger charge is 2.16. The third kappa shape index (κ3) is 5.41. The number of unbranched alkanes of at least 4 members (excludes halogenated alkanes) is 2. The summed E-state index contributed by atoms with van der Waals surface area (Å²) >= 11 is 0. The maximum Gasteiger partial charge on any atom is 0.269 e. The number of ether oxygens (including phenoxy) is 1. The fraction of sp³-hybridized carbons (Fsp3) is 0.263. The molecule has 0 aromatic heterocycles. The van der Waals surface area contributed by atoms with Gasteiger partial charge in [-0.1, -0.05) is 55.3 Å². The average Bonchev–Trinajstić information content (AvgIpc) is 2.67. The van der Waals surface area contributed by atoms with Crippen LogP contribution in [-0.2, 0) is 0 Å². The maximum absolute atomic E-state index is 10.8. The molecule has 2 rings (SSSR count). The molecule has 0 atom stereocenters. The summed E-state index contributed by atoms with van der Waals surface area (Å²) < 4.78 is 5.77. The summed E-state index contributed by atoms with van der Waals surface area (Å²) in [5.74, 6) is 0.547. The molecule has 2 aromatic carbocycles. The molecular formula is C19H21N3O4. The first-order valence-corrected chi connectivity index (χ1v) is 8.40. The van der Waals surface area contributed by atoms with Crippen molar-refractivity contribution in [1.29, 1.82) is 0 Å². The van der Waals surface area contributed by atoms with E-state index >= 15 is 0 Å². The third-order valence-corrected chi connectivity index (χ3v) is 3.63. The Labute approximate surface area is 151 Å². The summed E-state index contributed by atoms with van der Waals surface area (Å²) in [6.07, 6.45) is 2.98. The molecule has 0 aliphatic carbocycles. The smallest absolute Gasteiger partial charge is 0.269 e. The van der Waals surface area contributed by atoms with Gasteiger partial charge in [-0.2, -0.15) is 0 Å². The van der Waals surface area contributed by atoms with Crippen LogP contribution < -0.4 is 4.74 Å². The first-order valence-electron chi connectivity index (χ1n) is 8.40. The van der Waals surface area contributed by atoms with Gasteiger partial charge < -0.3 is 9.94 Å².